The first-order chi connectivity index (χ1) is 11.4. The summed E-state index contributed by atoms with van der Waals surface area (Å²) in [6.07, 6.45) is 2.10. The van der Waals surface area contributed by atoms with Crippen molar-refractivity contribution in [3.63, 3.8) is 0 Å². The number of hydrogen-bond donors (Lipinski definition) is 2. The number of nitrogens with one attached hydrogen (secondary N) is 1. The number of nitrogens with zero attached hydrogens (tertiary/aromatic N) is 1. The second kappa shape index (κ2) is 8.53. The monoisotopic (exact) mass is 349 g/mol. The summed E-state index contributed by atoms with van der Waals surface area (Å²) in [5.41, 5.74) is 1.42. The SMILES string of the molecule is NS(=O)(=O)c1cc(NC(=O)CCCOCc2ccccc2)ccn1. The first-order valence-electron chi connectivity index (χ1n) is 7.35. The van der Waals surface area contributed by atoms with Crippen LogP contribution in [-0.2, 0) is 26.2 Å². The van der Waals surface area contributed by atoms with Crippen molar-refractivity contribution in [2.45, 2.75) is 24.5 Å². The van der Waals surface area contributed by atoms with Gasteiger partial charge in [-0.2, -0.15) is 0 Å². The van der Waals surface area contributed by atoms with Gasteiger partial charge in [-0.05, 0) is 18.1 Å². The predicted molar refractivity (Wildman–Crippen MR) is 89.6 cm³/mol. The third-order valence-corrected chi connectivity index (χ3v) is 3.92. The fraction of sp³-hybridized carbons (Fsp3) is 0.250. The van der Waals surface area contributed by atoms with E-state index in [1.165, 1.54) is 18.3 Å². The van der Waals surface area contributed by atoms with Crippen LogP contribution in [0.5, 0.6) is 0 Å². The zero-order valence-electron chi connectivity index (χ0n) is 13.0. The second-order valence-corrected chi connectivity index (χ2v) is 6.63. The van der Waals surface area contributed by atoms with Gasteiger partial charge in [-0.25, -0.2) is 18.5 Å². The number of primary sulfonamides is 1. The Morgan fingerprint density at radius 2 is 1.96 bits per heavy atom. The van der Waals surface area contributed by atoms with Crippen molar-refractivity contribution in [2.75, 3.05) is 11.9 Å². The molecule has 0 atom stereocenters. The maximum atomic E-state index is 11.8. The van der Waals surface area contributed by atoms with Crippen molar-refractivity contribution < 1.29 is 17.9 Å². The second-order valence-electron chi connectivity index (χ2n) is 5.12. The molecule has 128 valence electrons. The molecule has 0 fully saturated rings. The predicted octanol–water partition coefficient (Wildman–Crippen LogP) is 1.66. The van der Waals surface area contributed by atoms with Crippen LogP contribution in [0.15, 0.2) is 53.7 Å². The standard InChI is InChI=1S/C16H19N3O4S/c17-24(21,22)16-11-14(8-9-18-16)19-15(20)7-4-10-23-12-13-5-2-1-3-6-13/h1-3,5-6,8-9,11H,4,7,10,12H2,(H2,17,21,22)(H,18,19,20). The number of aromatic nitrogens is 1. The minimum Gasteiger partial charge on any atom is -0.377 e. The van der Waals surface area contributed by atoms with E-state index in [2.05, 4.69) is 10.3 Å². The number of carbonyl (C=O) groups excluding carboxylic acids is 1. The normalized spacial score (nSPS) is 11.2. The van der Waals surface area contributed by atoms with Gasteiger partial charge in [-0.3, -0.25) is 4.79 Å². The van der Waals surface area contributed by atoms with E-state index in [1.54, 1.807) is 0 Å². The molecule has 3 N–H and O–H groups in total. The molecular formula is C16H19N3O4S. The number of rotatable bonds is 8. The Morgan fingerprint density at radius 3 is 2.67 bits per heavy atom. The maximum Gasteiger partial charge on any atom is 0.255 e. The lowest BCUT2D eigenvalue weighted by Crippen LogP contribution is -2.16. The summed E-state index contributed by atoms with van der Waals surface area (Å²) in [6.45, 7) is 0.964. The number of hydrogen-bond acceptors (Lipinski definition) is 5. The third-order valence-electron chi connectivity index (χ3n) is 3.11. The molecule has 0 saturated heterocycles. The topological polar surface area (TPSA) is 111 Å². The van der Waals surface area contributed by atoms with Gasteiger partial charge in [0.2, 0.25) is 5.91 Å². The Morgan fingerprint density at radius 1 is 1.21 bits per heavy atom. The van der Waals surface area contributed by atoms with Crippen LogP contribution in [0.2, 0.25) is 0 Å². The van der Waals surface area contributed by atoms with E-state index >= 15 is 0 Å². The number of ether oxygens (including phenoxy) is 1. The van der Waals surface area contributed by atoms with Gasteiger partial charge in [-0.15, -0.1) is 0 Å². The molecule has 0 aliphatic heterocycles. The number of amides is 1. The Hall–Kier alpha value is -2.29. The summed E-state index contributed by atoms with van der Waals surface area (Å²) in [5.74, 6) is -0.232. The highest BCUT2D eigenvalue weighted by Crippen LogP contribution is 2.12. The van der Waals surface area contributed by atoms with Gasteiger partial charge in [0.25, 0.3) is 10.0 Å². The molecule has 8 heteroatoms. The van der Waals surface area contributed by atoms with Crippen molar-refractivity contribution in [1.29, 1.82) is 0 Å². The molecule has 0 bridgehead atoms. The van der Waals surface area contributed by atoms with Gasteiger partial charge in [-0.1, -0.05) is 30.3 Å². The smallest absolute Gasteiger partial charge is 0.255 e. The zero-order chi connectivity index (χ0) is 17.4. The molecule has 0 aliphatic carbocycles. The van der Waals surface area contributed by atoms with Crippen LogP contribution in [0, 0.1) is 0 Å². The van der Waals surface area contributed by atoms with Gasteiger partial charge >= 0.3 is 0 Å². The number of sulfonamides is 1. The number of benzene rings is 1. The lowest BCUT2D eigenvalue weighted by molar-refractivity contribution is -0.116. The third kappa shape index (κ3) is 6.07. The van der Waals surface area contributed by atoms with Gasteiger partial charge in [0.1, 0.15) is 0 Å². The lowest BCUT2D eigenvalue weighted by Gasteiger charge is -2.07. The molecule has 1 aromatic carbocycles. The van der Waals surface area contributed by atoms with Crippen molar-refractivity contribution in [3.8, 4) is 0 Å². The van der Waals surface area contributed by atoms with Crippen molar-refractivity contribution in [3.05, 3.63) is 54.2 Å². The average molecular weight is 349 g/mol. The van der Waals surface area contributed by atoms with E-state index in [0.29, 0.717) is 25.3 Å². The summed E-state index contributed by atoms with van der Waals surface area (Å²) in [7, 11) is -3.89. The summed E-state index contributed by atoms with van der Waals surface area (Å²) in [6, 6.07) is 12.5. The number of pyridine rings is 1. The van der Waals surface area contributed by atoms with E-state index in [0.717, 1.165) is 5.56 Å². The highest BCUT2D eigenvalue weighted by atomic mass is 32.2. The minimum absolute atomic E-state index is 0.232. The van der Waals surface area contributed by atoms with Crippen LogP contribution in [-0.4, -0.2) is 25.9 Å². The van der Waals surface area contributed by atoms with Crippen molar-refractivity contribution >= 4 is 21.6 Å². The van der Waals surface area contributed by atoms with Crippen LogP contribution in [0.1, 0.15) is 18.4 Å². The molecule has 7 nitrogen and oxygen atoms in total. The minimum atomic E-state index is -3.89. The van der Waals surface area contributed by atoms with Gasteiger partial charge < -0.3 is 10.1 Å². The van der Waals surface area contributed by atoms with Crippen LogP contribution >= 0.6 is 0 Å². The van der Waals surface area contributed by atoms with E-state index in [-0.39, 0.29) is 17.4 Å². The van der Waals surface area contributed by atoms with E-state index < -0.39 is 10.0 Å². The molecule has 1 heterocycles. The Balaban J connectivity index is 1.72. The highest BCUT2D eigenvalue weighted by molar-refractivity contribution is 7.89. The average Bonchev–Trinajstić information content (AvgIpc) is 2.55. The largest absolute Gasteiger partial charge is 0.377 e. The zero-order valence-corrected chi connectivity index (χ0v) is 13.8. The van der Waals surface area contributed by atoms with Crippen LogP contribution in [0.25, 0.3) is 0 Å². The molecule has 0 saturated carbocycles. The molecule has 24 heavy (non-hydrogen) atoms. The molecule has 0 aliphatic rings. The Bertz CT molecular complexity index is 779. The fourth-order valence-electron chi connectivity index (χ4n) is 1.97. The van der Waals surface area contributed by atoms with Gasteiger partial charge in [0.15, 0.2) is 5.03 Å². The molecule has 2 aromatic rings. The van der Waals surface area contributed by atoms with Crippen LogP contribution in [0.4, 0.5) is 5.69 Å². The van der Waals surface area contributed by atoms with E-state index in [1.807, 2.05) is 30.3 Å². The van der Waals surface area contributed by atoms with Crippen LogP contribution < -0.4 is 10.5 Å². The molecule has 1 aromatic heterocycles. The fourth-order valence-corrected chi connectivity index (χ4v) is 2.46. The molecule has 1 amide bonds. The molecule has 2 rings (SSSR count). The summed E-state index contributed by atoms with van der Waals surface area (Å²) in [5, 5.41) is 7.32. The first kappa shape index (κ1) is 18.1. The number of carbonyl (C=O) groups is 1. The number of nitrogens with two attached hydrogens (primary N) is 1. The van der Waals surface area contributed by atoms with Gasteiger partial charge in [0, 0.05) is 31.0 Å². The van der Waals surface area contributed by atoms with Crippen molar-refractivity contribution in [2.24, 2.45) is 5.14 Å². The maximum absolute atomic E-state index is 11.8. The first-order valence-corrected chi connectivity index (χ1v) is 8.90. The Kier molecular flexibility index (Phi) is 6.42. The Labute approximate surface area is 140 Å². The van der Waals surface area contributed by atoms with Crippen LogP contribution in [0.3, 0.4) is 0 Å². The van der Waals surface area contributed by atoms with Crippen molar-refractivity contribution in [1.82, 2.24) is 4.98 Å². The molecule has 0 unspecified atom stereocenters. The molecule has 0 radical (unpaired) electrons. The quantitative estimate of drug-likeness (QED) is 0.704. The summed E-state index contributed by atoms with van der Waals surface area (Å²) >= 11 is 0. The highest BCUT2D eigenvalue weighted by Gasteiger charge is 2.11. The summed E-state index contributed by atoms with van der Waals surface area (Å²) in [4.78, 5) is 15.5. The number of anilines is 1. The molecule has 0 spiro atoms. The van der Waals surface area contributed by atoms with E-state index in [9.17, 15) is 13.2 Å². The molecular weight excluding hydrogens is 330 g/mol. The summed E-state index contributed by atoms with van der Waals surface area (Å²) < 4.78 is 27.9. The van der Waals surface area contributed by atoms with E-state index in [4.69, 9.17) is 9.88 Å². The van der Waals surface area contributed by atoms with Gasteiger partial charge in [0.05, 0.1) is 6.61 Å². The lowest BCUT2D eigenvalue weighted by atomic mass is 10.2.